The molecular formula is C38H45NO3. The highest BCUT2D eigenvalue weighted by Gasteiger charge is 2.34. The average Bonchev–Trinajstić information content (AvgIpc) is 2.99. The van der Waals surface area contributed by atoms with E-state index in [-0.39, 0.29) is 12.0 Å². The second kappa shape index (κ2) is 14.4. The van der Waals surface area contributed by atoms with Crippen molar-refractivity contribution in [3.63, 3.8) is 0 Å². The minimum atomic E-state index is -0.934. The van der Waals surface area contributed by atoms with Gasteiger partial charge in [0.05, 0.1) is 12.0 Å². The summed E-state index contributed by atoms with van der Waals surface area (Å²) >= 11 is 0. The maximum atomic E-state index is 13.8. The summed E-state index contributed by atoms with van der Waals surface area (Å²) in [5.74, 6) is -1.05. The third kappa shape index (κ3) is 7.56. The average molecular weight is 564 g/mol. The molecule has 1 N–H and O–H groups in total. The molecule has 4 heteroatoms. The van der Waals surface area contributed by atoms with Crippen molar-refractivity contribution in [2.45, 2.75) is 79.3 Å². The van der Waals surface area contributed by atoms with Crippen LogP contribution in [0, 0.1) is 33.6 Å². The van der Waals surface area contributed by atoms with Crippen LogP contribution >= 0.6 is 0 Å². The van der Waals surface area contributed by atoms with Gasteiger partial charge in [0.25, 0.3) is 0 Å². The Balaban J connectivity index is 1.71. The first-order valence-electron chi connectivity index (χ1n) is 15.0. The first kappa shape index (κ1) is 31.2. The Hall–Kier alpha value is -3.73. The van der Waals surface area contributed by atoms with Gasteiger partial charge in [-0.15, -0.1) is 0 Å². The molecule has 0 fully saturated rings. The fourth-order valence-electron chi connectivity index (χ4n) is 5.91. The number of aliphatic hydroxyl groups excluding tert-OH is 1. The number of hydrogen-bond donors (Lipinski definition) is 1. The third-order valence-corrected chi connectivity index (χ3v) is 8.49. The quantitative estimate of drug-likeness (QED) is 0.176. The zero-order valence-corrected chi connectivity index (χ0v) is 25.9. The molecule has 0 aliphatic heterocycles. The van der Waals surface area contributed by atoms with E-state index in [1.165, 1.54) is 33.4 Å². The van der Waals surface area contributed by atoms with E-state index in [9.17, 15) is 9.90 Å². The number of ether oxygens (including phenoxy) is 1. The molecule has 0 aromatic heterocycles. The lowest BCUT2D eigenvalue weighted by Gasteiger charge is -2.36. The largest absolute Gasteiger partial charge is 0.456 e. The summed E-state index contributed by atoms with van der Waals surface area (Å²) in [6, 6.07) is 32.2. The zero-order valence-electron chi connectivity index (χ0n) is 25.9. The fourth-order valence-corrected chi connectivity index (χ4v) is 5.91. The Kier molecular flexibility index (Phi) is 10.7. The van der Waals surface area contributed by atoms with Crippen molar-refractivity contribution < 1.29 is 14.6 Å². The van der Waals surface area contributed by atoms with Crippen molar-refractivity contribution in [3.8, 4) is 0 Å². The van der Waals surface area contributed by atoms with Crippen LogP contribution in [0.2, 0.25) is 0 Å². The fraction of sp³-hybridized carbons (Fsp3) is 0.342. The van der Waals surface area contributed by atoms with Crippen LogP contribution in [-0.2, 0) is 22.6 Å². The van der Waals surface area contributed by atoms with Crippen molar-refractivity contribution in [2.75, 3.05) is 0 Å². The summed E-state index contributed by atoms with van der Waals surface area (Å²) in [6.45, 7) is 14.1. The standard InChI is InChI=1S/C38H45NO3/c1-7-34(36(40)31-17-10-8-11-18-31)38(41)42-37(32-19-12-9-13-20-32)30(6)39(24-33-21-15-14-16-27(33)3)25-35-28(4)22-26(2)23-29(35)5/h8-23,30,34,36-37,40H,7,24-25H2,1-6H3/t30-,34-,36+,37-/m0/s1. The van der Waals surface area contributed by atoms with E-state index in [0.717, 1.165) is 17.7 Å². The molecule has 0 spiro atoms. The van der Waals surface area contributed by atoms with E-state index in [0.29, 0.717) is 13.0 Å². The lowest BCUT2D eigenvalue weighted by atomic mass is 9.93. The molecule has 4 nitrogen and oxygen atoms in total. The van der Waals surface area contributed by atoms with Gasteiger partial charge in [0.15, 0.2) is 0 Å². The highest BCUT2D eigenvalue weighted by atomic mass is 16.5. The van der Waals surface area contributed by atoms with Crippen molar-refractivity contribution >= 4 is 5.97 Å². The van der Waals surface area contributed by atoms with Gasteiger partial charge in [-0.2, -0.15) is 0 Å². The molecular weight excluding hydrogens is 518 g/mol. The Morgan fingerprint density at radius 1 is 0.762 bits per heavy atom. The van der Waals surface area contributed by atoms with Crippen LogP contribution in [0.1, 0.15) is 77.0 Å². The van der Waals surface area contributed by atoms with E-state index in [1.807, 2.05) is 67.6 Å². The maximum absolute atomic E-state index is 13.8. The van der Waals surface area contributed by atoms with Crippen LogP contribution in [0.4, 0.5) is 0 Å². The first-order valence-corrected chi connectivity index (χ1v) is 15.0. The lowest BCUT2D eigenvalue weighted by molar-refractivity contribution is -0.163. The smallest absolute Gasteiger partial charge is 0.312 e. The van der Waals surface area contributed by atoms with Crippen LogP contribution in [0.5, 0.6) is 0 Å². The number of hydrogen-bond acceptors (Lipinski definition) is 4. The van der Waals surface area contributed by atoms with Gasteiger partial charge in [0.1, 0.15) is 6.10 Å². The Morgan fingerprint density at radius 3 is 1.88 bits per heavy atom. The molecule has 220 valence electrons. The molecule has 0 saturated heterocycles. The summed E-state index contributed by atoms with van der Waals surface area (Å²) < 4.78 is 6.42. The summed E-state index contributed by atoms with van der Waals surface area (Å²) in [4.78, 5) is 16.2. The van der Waals surface area contributed by atoms with E-state index in [1.54, 1.807) is 0 Å². The predicted octanol–water partition coefficient (Wildman–Crippen LogP) is 8.36. The number of nitrogens with zero attached hydrogens (tertiary/aromatic N) is 1. The van der Waals surface area contributed by atoms with Crippen LogP contribution in [0.3, 0.4) is 0 Å². The van der Waals surface area contributed by atoms with Crippen LogP contribution in [-0.4, -0.2) is 22.0 Å². The number of aryl methyl sites for hydroxylation is 4. The second-order valence-electron chi connectivity index (χ2n) is 11.6. The number of rotatable bonds is 12. The minimum Gasteiger partial charge on any atom is -0.456 e. The number of benzene rings is 4. The molecule has 4 rings (SSSR count). The van der Waals surface area contributed by atoms with Crippen LogP contribution < -0.4 is 0 Å². The molecule has 0 unspecified atom stereocenters. The van der Waals surface area contributed by atoms with Gasteiger partial charge in [-0.3, -0.25) is 9.69 Å². The molecule has 0 aliphatic rings. The number of esters is 1. The summed E-state index contributed by atoms with van der Waals surface area (Å²) in [6.07, 6.45) is -0.985. The van der Waals surface area contributed by atoms with Gasteiger partial charge in [-0.05, 0) is 80.0 Å². The highest BCUT2D eigenvalue weighted by Crippen LogP contribution is 2.33. The molecule has 0 radical (unpaired) electrons. The van der Waals surface area contributed by atoms with Gasteiger partial charge in [-0.1, -0.05) is 110 Å². The Bertz CT molecular complexity index is 1430. The molecule has 4 aromatic rings. The number of aliphatic hydroxyl groups is 1. The van der Waals surface area contributed by atoms with E-state index < -0.39 is 18.1 Å². The second-order valence-corrected chi connectivity index (χ2v) is 11.6. The van der Waals surface area contributed by atoms with E-state index in [2.05, 4.69) is 75.9 Å². The van der Waals surface area contributed by atoms with Gasteiger partial charge in [0, 0.05) is 19.1 Å². The molecule has 0 heterocycles. The van der Waals surface area contributed by atoms with E-state index >= 15 is 0 Å². The molecule has 0 aliphatic carbocycles. The molecule has 4 atom stereocenters. The normalized spacial score (nSPS) is 14.3. The Labute approximate surface area is 252 Å². The summed E-state index contributed by atoms with van der Waals surface area (Å²) in [7, 11) is 0. The topological polar surface area (TPSA) is 49.8 Å². The predicted molar refractivity (Wildman–Crippen MR) is 171 cm³/mol. The molecule has 42 heavy (non-hydrogen) atoms. The van der Waals surface area contributed by atoms with Crippen molar-refractivity contribution in [2.24, 2.45) is 5.92 Å². The molecule has 0 saturated carbocycles. The van der Waals surface area contributed by atoms with Crippen molar-refractivity contribution in [3.05, 3.63) is 142 Å². The molecule has 0 amide bonds. The van der Waals surface area contributed by atoms with Crippen molar-refractivity contribution in [1.82, 2.24) is 4.90 Å². The van der Waals surface area contributed by atoms with Gasteiger partial charge >= 0.3 is 5.97 Å². The first-order chi connectivity index (χ1) is 20.2. The monoisotopic (exact) mass is 563 g/mol. The van der Waals surface area contributed by atoms with Crippen LogP contribution in [0.15, 0.2) is 97.1 Å². The minimum absolute atomic E-state index is 0.151. The van der Waals surface area contributed by atoms with Gasteiger partial charge in [0.2, 0.25) is 0 Å². The number of carbonyl (C=O) groups excluding carboxylic acids is 1. The van der Waals surface area contributed by atoms with Gasteiger partial charge < -0.3 is 9.84 Å². The third-order valence-electron chi connectivity index (χ3n) is 8.49. The SMILES string of the molecule is CC[C@H](C(=O)O[C@H](c1ccccc1)[C@H](C)N(Cc1ccccc1C)Cc1c(C)cc(C)cc1C)[C@H](O)c1ccccc1. The Morgan fingerprint density at radius 2 is 1.31 bits per heavy atom. The molecule has 4 aromatic carbocycles. The zero-order chi connectivity index (χ0) is 30.2. The number of carbonyl (C=O) groups is 1. The molecule has 0 bridgehead atoms. The van der Waals surface area contributed by atoms with E-state index in [4.69, 9.17) is 4.74 Å². The summed E-state index contributed by atoms with van der Waals surface area (Å²) in [5, 5.41) is 11.2. The van der Waals surface area contributed by atoms with Crippen molar-refractivity contribution in [1.29, 1.82) is 0 Å². The maximum Gasteiger partial charge on any atom is 0.312 e. The summed E-state index contributed by atoms with van der Waals surface area (Å²) in [5.41, 5.74) is 9.22. The highest BCUT2D eigenvalue weighted by molar-refractivity contribution is 5.73. The lowest BCUT2D eigenvalue weighted by Crippen LogP contribution is -2.40. The van der Waals surface area contributed by atoms with Gasteiger partial charge in [-0.25, -0.2) is 0 Å². The van der Waals surface area contributed by atoms with Crippen LogP contribution in [0.25, 0.3) is 0 Å².